The van der Waals surface area contributed by atoms with Gasteiger partial charge in [-0.25, -0.2) is 0 Å². The first-order valence-electron chi connectivity index (χ1n) is 10.9. The van der Waals surface area contributed by atoms with E-state index in [1.54, 1.807) is 4.90 Å². The van der Waals surface area contributed by atoms with E-state index in [9.17, 15) is 9.59 Å². The Morgan fingerprint density at radius 1 is 1.12 bits per heavy atom. The Kier molecular flexibility index (Phi) is 5.30. The number of nitrogens with two attached hydrogens (primary N) is 1. The molecule has 2 aromatic carbocycles. The van der Waals surface area contributed by atoms with E-state index >= 15 is 0 Å². The normalized spacial score (nSPS) is 21.3. The Hall–Kier alpha value is -4.13. The van der Waals surface area contributed by atoms with Crippen LogP contribution < -0.4 is 15.8 Å². The fourth-order valence-corrected chi connectivity index (χ4v) is 4.52. The zero-order valence-corrected chi connectivity index (χ0v) is 18.0. The van der Waals surface area contributed by atoms with E-state index in [0.29, 0.717) is 35.8 Å². The lowest BCUT2D eigenvalue weighted by atomic mass is 10.0. The van der Waals surface area contributed by atoms with E-state index in [4.69, 9.17) is 15.5 Å². The lowest BCUT2D eigenvalue weighted by Crippen LogP contribution is -2.28. The van der Waals surface area contributed by atoms with Crippen molar-refractivity contribution in [3.63, 3.8) is 0 Å². The Morgan fingerprint density at radius 2 is 1.85 bits per heavy atom. The number of nitrogens with zero attached hydrogens (tertiary/aromatic N) is 2. The van der Waals surface area contributed by atoms with Gasteiger partial charge >= 0.3 is 0 Å². The van der Waals surface area contributed by atoms with Gasteiger partial charge in [0.2, 0.25) is 5.91 Å². The molecule has 3 aliphatic rings. The fraction of sp³-hybridized carbons (Fsp3) is 0.192. The third-order valence-corrected chi connectivity index (χ3v) is 6.15. The van der Waals surface area contributed by atoms with Gasteiger partial charge in [0.05, 0.1) is 17.0 Å². The molecule has 0 aromatic heterocycles. The zero-order valence-electron chi connectivity index (χ0n) is 18.0. The second-order valence-electron chi connectivity index (χ2n) is 8.24. The predicted molar refractivity (Wildman–Crippen MR) is 126 cm³/mol. The van der Waals surface area contributed by atoms with Crippen molar-refractivity contribution in [2.24, 2.45) is 16.6 Å². The number of ether oxygens (including phenoxy) is 1. The highest BCUT2D eigenvalue weighted by Gasteiger charge is 2.38. The molecular formula is C26H24N4O3. The van der Waals surface area contributed by atoms with Crippen molar-refractivity contribution in [3.8, 4) is 11.5 Å². The highest BCUT2D eigenvalue weighted by Crippen LogP contribution is 2.35. The number of likely N-dealkylation sites (tertiary alicyclic amines) is 1. The van der Waals surface area contributed by atoms with Crippen molar-refractivity contribution < 1.29 is 14.3 Å². The number of benzene rings is 2. The van der Waals surface area contributed by atoms with E-state index in [2.05, 4.69) is 11.9 Å². The number of amides is 2. The first-order chi connectivity index (χ1) is 16.0. The minimum Gasteiger partial charge on any atom is -0.457 e. The highest BCUT2D eigenvalue weighted by molar-refractivity contribution is 6.29. The molecule has 7 heteroatoms. The lowest BCUT2D eigenvalue weighted by molar-refractivity contribution is -0.125. The summed E-state index contributed by atoms with van der Waals surface area (Å²) in [6, 6.07) is 16.7. The van der Waals surface area contributed by atoms with E-state index in [0.717, 1.165) is 23.4 Å². The third kappa shape index (κ3) is 3.93. The van der Waals surface area contributed by atoms with Gasteiger partial charge in [0.15, 0.2) is 0 Å². The maximum atomic E-state index is 12.4. The first-order valence-corrected chi connectivity index (χ1v) is 10.9. The number of aliphatic imine (C=N–C) groups is 1. The van der Waals surface area contributed by atoms with Gasteiger partial charge in [-0.05, 0) is 55.0 Å². The molecule has 3 heterocycles. The summed E-state index contributed by atoms with van der Waals surface area (Å²) in [4.78, 5) is 30.9. The van der Waals surface area contributed by atoms with Crippen LogP contribution in [0.2, 0.25) is 0 Å². The minimum absolute atomic E-state index is 0.0617. The van der Waals surface area contributed by atoms with Gasteiger partial charge < -0.3 is 20.7 Å². The summed E-state index contributed by atoms with van der Waals surface area (Å²) >= 11 is 0. The molecule has 33 heavy (non-hydrogen) atoms. The number of primary amides is 1. The molecule has 1 saturated heterocycles. The van der Waals surface area contributed by atoms with Gasteiger partial charge in [-0.2, -0.15) is 0 Å². The number of fused-ring (bicyclic) bond motifs is 1. The van der Waals surface area contributed by atoms with Crippen molar-refractivity contribution in [3.05, 3.63) is 95.9 Å². The smallest absolute Gasteiger partial charge is 0.252 e. The molecule has 0 aliphatic carbocycles. The molecule has 2 aromatic rings. The van der Waals surface area contributed by atoms with Crippen molar-refractivity contribution >= 4 is 17.5 Å². The monoisotopic (exact) mass is 440 g/mol. The summed E-state index contributed by atoms with van der Waals surface area (Å²) in [7, 11) is 0. The van der Waals surface area contributed by atoms with Crippen LogP contribution in [0.4, 0.5) is 0 Å². The SMILES string of the molecule is C=CC(=O)N1CCC(C2=CC3N=C(c4ccc(Oc5ccccc5)cc4)C(C(N)=O)=C3N2)C1. The number of rotatable bonds is 6. The van der Waals surface area contributed by atoms with Crippen molar-refractivity contribution in [2.75, 3.05) is 13.1 Å². The summed E-state index contributed by atoms with van der Waals surface area (Å²) < 4.78 is 5.85. The number of hydrogen-bond donors (Lipinski definition) is 2. The molecule has 1 fully saturated rings. The summed E-state index contributed by atoms with van der Waals surface area (Å²) in [5.74, 6) is 1.03. The molecular weight excluding hydrogens is 416 g/mol. The molecule has 2 unspecified atom stereocenters. The van der Waals surface area contributed by atoms with Crippen molar-refractivity contribution in [2.45, 2.75) is 12.5 Å². The molecule has 2 amide bonds. The van der Waals surface area contributed by atoms with Crippen LogP contribution >= 0.6 is 0 Å². The van der Waals surface area contributed by atoms with Gasteiger partial charge in [-0.3, -0.25) is 14.6 Å². The Morgan fingerprint density at radius 3 is 2.55 bits per heavy atom. The average molecular weight is 441 g/mol. The summed E-state index contributed by atoms with van der Waals surface area (Å²) in [6.07, 6.45) is 4.22. The van der Waals surface area contributed by atoms with Crippen molar-refractivity contribution in [1.29, 1.82) is 0 Å². The predicted octanol–water partition coefficient (Wildman–Crippen LogP) is 2.91. The third-order valence-electron chi connectivity index (χ3n) is 6.15. The maximum Gasteiger partial charge on any atom is 0.252 e. The molecule has 166 valence electrons. The standard InChI is InChI=1S/C26H24N4O3/c1-2-22(31)30-13-12-17(15-30)20-14-21-25(28-20)23(26(27)32)24(29-21)16-8-10-19(11-9-16)33-18-6-4-3-5-7-18/h2-11,14,17,21,28H,1,12-13,15H2,(H2,27,32). The molecule has 3 N–H and O–H groups in total. The van der Waals surface area contributed by atoms with Crippen LogP contribution in [0.15, 0.2) is 95.3 Å². The number of hydrogen-bond acceptors (Lipinski definition) is 5. The van der Waals surface area contributed by atoms with Gasteiger partial charge in [0.25, 0.3) is 5.91 Å². The summed E-state index contributed by atoms with van der Waals surface area (Å²) in [6.45, 7) is 4.87. The Bertz CT molecular complexity index is 1210. The number of para-hydroxylation sites is 1. The molecule has 0 radical (unpaired) electrons. The fourth-order valence-electron chi connectivity index (χ4n) is 4.52. The molecule has 0 spiro atoms. The lowest BCUT2D eigenvalue weighted by Gasteiger charge is -2.16. The van der Waals surface area contributed by atoms with Crippen LogP contribution in [0.1, 0.15) is 12.0 Å². The molecule has 2 atom stereocenters. The molecule has 0 saturated carbocycles. The van der Waals surface area contributed by atoms with Crippen LogP contribution in [0.25, 0.3) is 0 Å². The average Bonchev–Trinajstić information content (AvgIpc) is 3.54. The molecule has 5 rings (SSSR count). The number of carbonyl (C=O) groups excluding carboxylic acids is 2. The van der Waals surface area contributed by atoms with Crippen LogP contribution in [0.3, 0.4) is 0 Å². The van der Waals surface area contributed by atoms with Crippen LogP contribution in [-0.4, -0.2) is 41.6 Å². The van der Waals surface area contributed by atoms with E-state index < -0.39 is 5.91 Å². The second-order valence-corrected chi connectivity index (χ2v) is 8.24. The highest BCUT2D eigenvalue weighted by atomic mass is 16.5. The van der Waals surface area contributed by atoms with Gasteiger partial charge in [-0.1, -0.05) is 24.8 Å². The summed E-state index contributed by atoms with van der Waals surface area (Å²) in [5.41, 5.74) is 9.24. The van der Waals surface area contributed by atoms with E-state index in [1.165, 1.54) is 6.08 Å². The molecule has 0 bridgehead atoms. The largest absolute Gasteiger partial charge is 0.457 e. The topological polar surface area (TPSA) is 97.0 Å². The van der Waals surface area contributed by atoms with E-state index in [1.807, 2.05) is 60.7 Å². The van der Waals surface area contributed by atoms with Gasteiger partial charge in [0, 0.05) is 30.3 Å². The van der Waals surface area contributed by atoms with Gasteiger partial charge in [-0.15, -0.1) is 0 Å². The van der Waals surface area contributed by atoms with Crippen LogP contribution in [-0.2, 0) is 9.59 Å². The Labute approximate surface area is 191 Å². The quantitative estimate of drug-likeness (QED) is 0.675. The second kappa shape index (κ2) is 8.43. The van der Waals surface area contributed by atoms with Crippen LogP contribution in [0.5, 0.6) is 11.5 Å². The van der Waals surface area contributed by atoms with Crippen molar-refractivity contribution in [1.82, 2.24) is 10.2 Å². The summed E-state index contributed by atoms with van der Waals surface area (Å²) in [5, 5.41) is 3.38. The Balaban J connectivity index is 1.36. The number of nitrogens with one attached hydrogen (secondary N) is 1. The molecule has 3 aliphatic heterocycles. The van der Waals surface area contributed by atoms with Gasteiger partial charge in [0.1, 0.15) is 17.5 Å². The maximum absolute atomic E-state index is 12.4. The first kappa shape index (κ1) is 20.8. The van der Waals surface area contributed by atoms with E-state index in [-0.39, 0.29) is 17.9 Å². The zero-order chi connectivity index (χ0) is 22.9. The van der Waals surface area contributed by atoms with Crippen LogP contribution in [0, 0.1) is 5.92 Å². The number of carbonyl (C=O) groups is 2. The minimum atomic E-state index is -0.520. The molecule has 7 nitrogen and oxygen atoms in total.